The third-order valence-electron chi connectivity index (χ3n) is 5.39. The van der Waals surface area contributed by atoms with Gasteiger partial charge in [-0.15, -0.1) is 0 Å². The fraction of sp³-hybridized carbons (Fsp3) is 0.500. The molecular weight excluding hydrogens is 302 g/mol. The van der Waals surface area contributed by atoms with Gasteiger partial charge in [0.15, 0.2) is 5.69 Å². The van der Waals surface area contributed by atoms with E-state index in [4.69, 9.17) is 0 Å². The lowest BCUT2D eigenvalue weighted by atomic mass is 9.82. The van der Waals surface area contributed by atoms with Crippen molar-refractivity contribution in [2.24, 2.45) is 13.0 Å². The molecule has 0 aromatic carbocycles. The molecule has 0 radical (unpaired) electrons. The molecule has 0 unspecified atom stereocenters. The van der Waals surface area contributed by atoms with Gasteiger partial charge in [-0.25, -0.2) is 0 Å². The monoisotopic (exact) mass is 325 g/mol. The number of carbonyl (C=O) groups excluding carboxylic acids is 1. The van der Waals surface area contributed by atoms with Gasteiger partial charge in [0.25, 0.3) is 5.91 Å². The minimum atomic E-state index is 0.0605. The van der Waals surface area contributed by atoms with E-state index in [2.05, 4.69) is 21.0 Å². The number of likely N-dealkylation sites (tertiary alicyclic amines) is 2. The zero-order valence-corrected chi connectivity index (χ0v) is 14.2. The van der Waals surface area contributed by atoms with Gasteiger partial charge >= 0.3 is 0 Å². The van der Waals surface area contributed by atoms with Crippen LogP contribution in [0.4, 0.5) is 0 Å². The Morgan fingerprint density at radius 3 is 2.96 bits per heavy atom. The lowest BCUT2D eigenvalue weighted by molar-refractivity contribution is -0.0429. The number of hydrogen-bond donors (Lipinski definition) is 0. The second kappa shape index (κ2) is 6.02. The number of amides is 1. The van der Waals surface area contributed by atoms with Crippen molar-refractivity contribution < 1.29 is 4.79 Å². The van der Waals surface area contributed by atoms with Crippen LogP contribution in [-0.4, -0.2) is 56.1 Å². The molecule has 0 N–H and O–H groups in total. The molecule has 2 fully saturated rings. The van der Waals surface area contributed by atoms with E-state index in [1.807, 2.05) is 37.2 Å². The van der Waals surface area contributed by atoms with E-state index in [0.717, 1.165) is 44.2 Å². The van der Waals surface area contributed by atoms with Gasteiger partial charge in [0.2, 0.25) is 0 Å². The normalized spacial score (nSPS) is 23.7. The van der Waals surface area contributed by atoms with Gasteiger partial charge in [0.05, 0.1) is 0 Å². The number of fused-ring (bicyclic) bond motifs is 1. The lowest BCUT2D eigenvalue weighted by Crippen LogP contribution is -2.64. The highest BCUT2D eigenvalue weighted by atomic mass is 16.2. The van der Waals surface area contributed by atoms with E-state index >= 15 is 0 Å². The number of nitrogens with zero attached hydrogens (tertiary/aromatic N) is 5. The summed E-state index contributed by atoms with van der Waals surface area (Å²) in [6.45, 7) is 5.66. The molecule has 0 aliphatic carbocycles. The van der Waals surface area contributed by atoms with E-state index in [9.17, 15) is 4.79 Å². The van der Waals surface area contributed by atoms with Crippen LogP contribution in [0.1, 0.15) is 28.2 Å². The molecule has 2 aromatic heterocycles. The number of rotatable bonds is 3. The number of aryl methyl sites for hydroxylation is 2. The molecule has 24 heavy (non-hydrogen) atoms. The number of aromatic nitrogens is 3. The first-order valence-corrected chi connectivity index (χ1v) is 8.54. The van der Waals surface area contributed by atoms with Gasteiger partial charge < -0.3 is 4.90 Å². The van der Waals surface area contributed by atoms with Gasteiger partial charge in [-0.1, -0.05) is 6.07 Å². The summed E-state index contributed by atoms with van der Waals surface area (Å²) in [6.07, 6.45) is 4.82. The Morgan fingerprint density at radius 2 is 2.25 bits per heavy atom. The molecule has 2 atom stereocenters. The predicted octanol–water partition coefficient (Wildman–Crippen LogP) is 1.47. The van der Waals surface area contributed by atoms with Gasteiger partial charge in [-0.2, -0.15) is 5.10 Å². The first kappa shape index (κ1) is 15.3. The highest BCUT2D eigenvalue weighted by molar-refractivity contribution is 5.92. The summed E-state index contributed by atoms with van der Waals surface area (Å²) >= 11 is 0. The fourth-order valence-electron chi connectivity index (χ4n) is 3.82. The van der Waals surface area contributed by atoms with E-state index in [0.29, 0.717) is 11.7 Å². The highest BCUT2D eigenvalue weighted by Gasteiger charge is 2.43. The van der Waals surface area contributed by atoms with Gasteiger partial charge in [0.1, 0.15) is 0 Å². The molecule has 6 nitrogen and oxygen atoms in total. The highest BCUT2D eigenvalue weighted by Crippen LogP contribution is 2.34. The number of hydrogen-bond acceptors (Lipinski definition) is 4. The van der Waals surface area contributed by atoms with Crippen molar-refractivity contribution in [3.05, 3.63) is 47.5 Å². The Bertz CT molecular complexity index is 722. The number of pyridine rings is 1. The standard InChI is InChI=1S/C18H23N5O/c1-13-8-16(20-21(13)2)18(24)22-7-5-15-11-23(17(15)12-22)10-14-4-3-6-19-9-14/h3-4,6,8-9,15,17H,5,7,10-12H2,1-2H3/t15-,17-/m1/s1. The molecule has 0 spiro atoms. The molecule has 126 valence electrons. The molecule has 2 aromatic rings. The molecule has 2 aliphatic heterocycles. The van der Waals surface area contributed by atoms with E-state index < -0.39 is 0 Å². The predicted molar refractivity (Wildman–Crippen MR) is 90.4 cm³/mol. The zero-order valence-electron chi connectivity index (χ0n) is 14.2. The largest absolute Gasteiger partial charge is 0.336 e. The molecule has 2 aliphatic rings. The summed E-state index contributed by atoms with van der Waals surface area (Å²) in [5.74, 6) is 0.779. The Balaban J connectivity index is 1.42. The van der Waals surface area contributed by atoms with Crippen molar-refractivity contribution in [3.63, 3.8) is 0 Å². The van der Waals surface area contributed by atoms with Crippen LogP contribution in [0.25, 0.3) is 0 Å². The zero-order chi connectivity index (χ0) is 16.7. The number of piperidine rings is 1. The molecule has 2 saturated heterocycles. The quantitative estimate of drug-likeness (QED) is 0.857. The average Bonchev–Trinajstić information content (AvgIpc) is 2.92. The number of carbonyl (C=O) groups is 1. The van der Waals surface area contributed by atoms with Crippen LogP contribution >= 0.6 is 0 Å². The molecule has 4 rings (SSSR count). The molecule has 0 bridgehead atoms. The van der Waals surface area contributed by atoms with Crippen molar-refractivity contribution in [2.75, 3.05) is 19.6 Å². The SMILES string of the molecule is Cc1cc(C(=O)N2CC[C@@H]3CN(Cc4cccnc4)[C@@H]3C2)nn1C. The minimum Gasteiger partial charge on any atom is -0.336 e. The van der Waals surface area contributed by atoms with Crippen molar-refractivity contribution in [1.82, 2.24) is 24.6 Å². The summed E-state index contributed by atoms with van der Waals surface area (Å²) in [5.41, 5.74) is 2.81. The van der Waals surface area contributed by atoms with Crippen LogP contribution in [0.5, 0.6) is 0 Å². The van der Waals surface area contributed by atoms with E-state index in [1.165, 1.54) is 5.56 Å². The summed E-state index contributed by atoms with van der Waals surface area (Å²) in [5, 5.41) is 4.34. The molecule has 4 heterocycles. The lowest BCUT2D eigenvalue weighted by Gasteiger charge is -2.53. The third-order valence-corrected chi connectivity index (χ3v) is 5.39. The first-order chi connectivity index (χ1) is 11.6. The maximum atomic E-state index is 12.7. The second-order valence-corrected chi connectivity index (χ2v) is 6.95. The summed E-state index contributed by atoms with van der Waals surface area (Å²) in [7, 11) is 1.87. The van der Waals surface area contributed by atoms with Crippen LogP contribution < -0.4 is 0 Å². The average molecular weight is 325 g/mol. The van der Waals surface area contributed by atoms with Gasteiger partial charge in [-0.3, -0.25) is 19.4 Å². The van der Waals surface area contributed by atoms with Crippen LogP contribution in [0.2, 0.25) is 0 Å². The fourth-order valence-corrected chi connectivity index (χ4v) is 3.82. The molecular formula is C18H23N5O. The topological polar surface area (TPSA) is 54.3 Å². The maximum absolute atomic E-state index is 12.7. The van der Waals surface area contributed by atoms with Crippen molar-refractivity contribution >= 4 is 5.91 Å². The Kier molecular flexibility index (Phi) is 3.84. The van der Waals surface area contributed by atoms with E-state index in [1.54, 1.807) is 10.9 Å². The van der Waals surface area contributed by atoms with Gasteiger partial charge in [-0.05, 0) is 37.0 Å². The Labute approximate surface area is 142 Å². The van der Waals surface area contributed by atoms with Crippen LogP contribution in [0.15, 0.2) is 30.6 Å². The smallest absolute Gasteiger partial charge is 0.274 e. The van der Waals surface area contributed by atoms with Crippen LogP contribution in [-0.2, 0) is 13.6 Å². The molecule has 1 amide bonds. The van der Waals surface area contributed by atoms with Gasteiger partial charge in [0, 0.05) is 57.4 Å². The molecule has 6 heteroatoms. The summed E-state index contributed by atoms with van der Waals surface area (Å²) < 4.78 is 1.76. The van der Waals surface area contributed by atoms with Crippen molar-refractivity contribution in [1.29, 1.82) is 0 Å². The van der Waals surface area contributed by atoms with Crippen molar-refractivity contribution in [3.8, 4) is 0 Å². The van der Waals surface area contributed by atoms with Crippen molar-refractivity contribution in [2.45, 2.75) is 25.9 Å². The molecule has 0 saturated carbocycles. The first-order valence-electron chi connectivity index (χ1n) is 8.54. The Hall–Kier alpha value is -2.21. The third kappa shape index (κ3) is 2.71. The summed E-state index contributed by atoms with van der Waals surface area (Å²) in [4.78, 5) is 21.4. The van der Waals surface area contributed by atoms with Crippen LogP contribution in [0.3, 0.4) is 0 Å². The van der Waals surface area contributed by atoms with E-state index in [-0.39, 0.29) is 5.91 Å². The van der Waals surface area contributed by atoms with Crippen LogP contribution in [0, 0.1) is 12.8 Å². The summed E-state index contributed by atoms with van der Waals surface area (Å²) in [6, 6.07) is 6.44. The Morgan fingerprint density at radius 1 is 1.38 bits per heavy atom. The second-order valence-electron chi connectivity index (χ2n) is 6.95. The minimum absolute atomic E-state index is 0.0605. The maximum Gasteiger partial charge on any atom is 0.274 e.